The van der Waals surface area contributed by atoms with Crippen LogP contribution in [0.2, 0.25) is 0 Å². The predicted molar refractivity (Wildman–Crippen MR) is 27.9 cm³/mol. The van der Waals surface area contributed by atoms with E-state index in [1.807, 2.05) is 0 Å². The molecule has 0 rings (SSSR count). The molecule has 0 saturated heterocycles. The third-order valence-electron chi connectivity index (χ3n) is 0.500. The summed E-state index contributed by atoms with van der Waals surface area (Å²) in [7, 11) is 0. The summed E-state index contributed by atoms with van der Waals surface area (Å²) in [5.74, 6) is 0. The summed E-state index contributed by atoms with van der Waals surface area (Å²) in [4.78, 5) is 0. The molecule has 0 aliphatic carbocycles. The van der Waals surface area contributed by atoms with Gasteiger partial charge in [0.25, 0.3) is 0 Å². The van der Waals surface area contributed by atoms with Gasteiger partial charge in [0.2, 0.25) is 0 Å². The van der Waals surface area contributed by atoms with Gasteiger partial charge in [-0.15, -0.1) is 0 Å². The molecule has 0 aromatic rings. The molecule has 0 unspecified atom stereocenters. The van der Waals surface area contributed by atoms with E-state index in [-0.39, 0.29) is 5.41 Å². The molecule has 0 fully saturated rings. The van der Waals surface area contributed by atoms with Gasteiger partial charge in [0, 0.05) is 6.54 Å². The Kier molecular flexibility index (Phi) is 1.59. The van der Waals surface area contributed by atoms with Crippen LogP contribution in [-0.2, 0) is 0 Å². The van der Waals surface area contributed by atoms with Gasteiger partial charge in [0.15, 0.2) is 0 Å². The third kappa shape index (κ3) is 3.96. The summed E-state index contributed by atoms with van der Waals surface area (Å²) in [5.41, 5.74) is 5.38. The second-order valence-corrected chi connectivity index (χ2v) is 2.53. The lowest BCUT2D eigenvalue weighted by atomic mass is 9.98. The van der Waals surface area contributed by atoms with E-state index in [4.69, 9.17) is 5.73 Å². The molecule has 0 bridgehead atoms. The lowest BCUT2D eigenvalue weighted by molar-refractivity contribution is 0.489. The minimum atomic E-state index is 0.194. The van der Waals surface area contributed by atoms with Crippen molar-refractivity contribution < 1.29 is 0 Å². The molecule has 0 atom stereocenters. The molecular weight excluding hydrogens is 74.1 g/mol. The van der Waals surface area contributed by atoms with Gasteiger partial charge in [0.1, 0.15) is 0 Å². The zero-order valence-electron chi connectivity index (χ0n) is 4.65. The van der Waals surface area contributed by atoms with Gasteiger partial charge in [-0.1, -0.05) is 20.8 Å². The van der Waals surface area contributed by atoms with E-state index < -0.39 is 0 Å². The van der Waals surface area contributed by atoms with Crippen molar-refractivity contribution in [2.24, 2.45) is 11.1 Å². The summed E-state index contributed by atoms with van der Waals surface area (Å²) in [6.45, 7) is 7.88. The van der Waals surface area contributed by atoms with Crippen LogP contribution in [0.15, 0.2) is 0 Å². The predicted octanol–water partition coefficient (Wildman–Crippen LogP) is 1.15. The lowest BCUT2D eigenvalue weighted by Gasteiger charge is -2.11. The van der Waals surface area contributed by atoms with Crippen molar-refractivity contribution in [2.75, 3.05) is 0 Å². The Morgan fingerprint density at radius 1 is 1.33 bits per heavy atom. The normalized spacial score (nSPS) is 12.0. The van der Waals surface area contributed by atoms with E-state index in [0.29, 0.717) is 0 Å². The first-order chi connectivity index (χ1) is 2.56. The van der Waals surface area contributed by atoms with Gasteiger partial charge < -0.3 is 5.73 Å². The van der Waals surface area contributed by atoms with Crippen LogP contribution in [0.3, 0.4) is 0 Å². The minimum absolute atomic E-state index is 0.194. The molecule has 6 heavy (non-hydrogen) atoms. The molecule has 0 aliphatic rings. The Bertz CT molecular complexity index is 33.7. The SMILES string of the molecule is CC(C)(C)[CH]N. The van der Waals surface area contributed by atoms with Crippen LogP contribution in [-0.4, -0.2) is 0 Å². The van der Waals surface area contributed by atoms with Crippen molar-refractivity contribution in [3.05, 3.63) is 6.54 Å². The molecule has 0 amide bonds. The fraction of sp³-hybridized carbons (Fsp3) is 0.800. The zero-order valence-corrected chi connectivity index (χ0v) is 4.65. The van der Waals surface area contributed by atoms with Crippen LogP contribution in [0.1, 0.15) is 20.8 Å². The first kappa shape index (κ1) is 5.96. The minimum Gasteiger partial charge on any atom is -0.326 e. The van der Waals surface area contributed by atoms with Crippen LogP contribution < -0.4 is 5.73 Å². The second-order valence-electron chi connectivity index (χ2n) is 2.53. The Balaban J connectivity index is 3.17. The first-order valence-electron chi connectivity index (χ1n) is 2.12. The Morgan fingerprint density at radius 2 is 1.50 bits per heavy atom. The highest BCUT2D eigenvalue weighted by atomic mass is 14.6. The molecule has 1 nitrogen and oxygen atoms in total. The molecule has 0 aromatic heterocycles. The van der Waals surface area contributed by atoms with E-state index in [9.17, 15) is 0 Å². The fourth-order valence-corrected chi connectivity index (χ4v) is 0. The van der Waals surface area contributed by atoms with Gasteiger partial charge >= 0.3 is 0 Å². The second kappa shape index (κ2) is 1.61. The number of rotatable bonds is 0. The van der Waals surface area contributed by atoms with Gasteiger partial charge in [-0.2, -0.15) is 0 Å². The summed E-state index contributed by atoms with van der Waals surface area (Å²) in [6, 6.07) is 0. The van der Waals surface area contributed by atoms with E-state index >= 15 is 0 Å². The summed E-state index contributed by atoms with van der Waals surface area (Å²) in [5, 5.41) is 0. The molecule has 1 radical (unpaired) electrons. The molecule has 0 aliphatic heterocycles. The van der Waals surface area contributed by atoms with Crippen molar-refractivity contribution in [3.63, 3.8) is 0 Å². The molecular formula is C5H12N. The van der Waals surface area contributed by atoms with Crippen molar-refractivity contribution >= 4 is 0 Å². The third-order valence-corrected chi connectivity index (χ3v) is 0.500. The summed E-state index contributed by atoms with van der Waals surface area (Å²) in [6.07, 6.45) is 0. The molecule has 37 valence electrons. The van der Waals surface area contributed by atoms with E-state index in [1.54, 1.807) is 6.54 Å². The van der Waals surface area contributed by atoms with Crippen LogP contribution in [0.4, 0.5) is 0 Å². The molecule has 0 aromatic carbocycles. The highest BCUT2D eigenvalue weighted by Crippen LogP contribution is 2.11. The molecule has 0 saturated carbocycles. The maximum Gasteiger partial charge on any atom is 0.0246 e. The standard InChI is InChI=1S/C5H12N/c1-5(2,3)4-6/h4H,6H2,1-3H3. The van der Waals surface area contributed by atoms with Gasteiger partial charge in [-0.05, 0) is 5.41 Å². The lowest BCUT2D eigenvalue weighted by Crippen LogP contribution is -2.11. The number of hydrogen-bond acceptors (Lipinski definition) is 1. The van der Waals surface area contributed by atoms with Crippen LogP contribution >= 0.6 is 0 Å². The first-order valence-corrected chi connectivity index (χ1v) is 2.12. The van der Waals surface area contributed by atoms with Crippen molar-refractivity contribution in [2.45, 2.75) is 20.8 Å². The molecule has 0 spiro atoms. The topological polar surface area (TPSA) is 26.0 Å². The van der Waals surface area contributed by atoms with E-state index in [2.05, 4.69) is 20.8 Å². The quantitative estimate of drug-likeness (QED) is 0.470. The number of hydrogen-bond donors (Lipinski definition) is 1. The van der Waals surface area contributed by atoms with Gasteiger partial charge in [-0.3, -0.25) is 0 Å². The van der Waals surface area contributed by atoms with Crippen LogP contribution in [0.5, 0.6) is 0 Å². The molecule has 0 heterocycles. The zero-order chi connectivity index (χ0) is 5.21. The van der Waals surface area contributed by atoms with Crippen LogP contribution in [0.25, 0.3) is 0 Å². The smallest absolute Gasteiger partial charge is 0.0246 e. The maximum absolute atomic E-state index is 5.18. The average Bonchev–Trinajstić information content (AvgIpc) is 1.35. The Labute approximate surface area is 39.5 Å². The molecule has 2 N–H and O–H groups in total. The Hall–Kier alpha value is -0.0400. The van der Waals surface area contributed by atoms with Crippen LogP contribution in [0, 0.1) is 12.0 Å². The van der Waals surface area contributed by atoms with Gasteiger partial charge in [0.05, 0.1) is 0 Å². The van der Waals surface area contributed by atoms with Crippen molar-refractivity contribution in [1.82, 2.24) is 0 Å². The number of nitrogens with two attached hydrogens (primary N) is 1. The highest BCUT2D eigenvalue weighted by Gasteiger charge is 2.04. The van der Waals surface area contributed by atoms with Crippen molar-refractivity contribution in [1.29, 1.82) is 0 Å². The van der Waals surface area contributed by atoms with Gasteiger partial charge in [-0.25, -0.2) is 0 Å². The maximum atomic E-state index is 5.18. The Morgan fingerprint density at radius 3 is 1.50 bits per heavy atom. The monoisotopic (exact) mass is 86.1 g/mol. The largest absolute Gasteiger partial charge is 0.326 e. The van der Waals surface area contributed by atoms with Crippen molar-refractivity contribution in [3.8, 4) is 0 Å². The van der Waals surface area contributed by atoms with E-state index in [0.717, 1.165) is 0 Å². The molecule has 1 heteroatoms. The summed E-state index contributed by atoms with van der Waals surface area (Å²) < 4.78 is 0. The highest BCUT2D eigenvalue weighted by molar-refractivity contribution is 4.72. The average molecular weight is 86.2 g/mol. The summed E-state index contributed by atoms with van der Waals surface area (Å²) >= 11 is 0. The van der Waals surface area contributed by atoms with E-state index in [1.165, 1.54) is 0 Å². The fourth-order valence-electron chi connectivity index (χ4n) is 0.